The van der Waals surface area contributed by atoms with Gasteiger partial charge in [0.05, 0.1) is 34.4 Å². The first-order valence-electron chi connectivity index (χ1n) is 9.20. The van der Waals surface area contributed by atoms with Gasteiger partial charge in [-0.1, -0.05) is 35.3 Å². The largest absolute Gasteiger partial charge is 0.497 e. The van der Waals surface area contributed by atoms with Gasteiger partial charge in [-0.25, -0.2) is 8.78 Å². The van der Waals surface area contributed by atoms with Crippen molar-refractivity contribution >= 4 is 29.1 Å². The number of hydrogen-bond acceptors (Lipinski definition) is 3. The zero-order valence-electron chi connectivity index (χ0n) is 15.7. The van der Waals surface area contributed by atoms with Crippen molar-refractivity contribution in [2.75, 3.05) is 7.11 Å². The van der Waals surface area contributed by atoms with Gasteiger partial charge in [-0.05, 0) is 55.5 Å². The summed E-state index contributed by atoms with van der Waals surface area (Å²) in [5, 5.41) is 14.0. The summed E-state index contributed by atoms with van der Waals surface area (Å²) in [4.78, 5) is 13.0. The molecule has 0 bridgehead atoms. The number of alkyl halides is 1. The van der Waals surface area contributed by atoms with E-state index in [1.807, 2.05) is 0 Å². The Bertz CT molecular complexity index is 901. The van der Waals surface area contributed by atoms with E-state index in [0.717, 1.165) is 0 Å². The number of nitrogens with one attached hydrogen (secondary N) is 1. The molecule has 1 aliphatic rings. The van der Waals surface area contributed by atoms with E-state index < -0.39 is 29.5 Å². The Hall–Kier alpha value is -1.89. The minimum atomic E-state index is -1.49. The van der Waals surface area contributed by atoms with Crippen LogP contribution >= 0.6 is 23.2 Å². The van der Waals surface area contributed by atoms with Crippen LogP contribution in [0.1, 0.15) is 47.6 Å². The number of hydrogen-bond donors (Lipinski definition) is 2. The van der Waals surface area contributed by atoms with Crippen molar-refractivity contribution in [2.24, 2.45) is 0 Å². The second kappa shape index (κ2) is 8.86. The first kappa shape index (κ1) is 21.8. The minimum absolute atomic E-state index is 0.0950. The molecule has 2 aromatic carbocycles. The van der Waals surface area contributed by atoms with Gasteiger partial charge in [-0.15, -0.1) is 0 Å². The highest BCUT2D eigenvalue weighted by Crippen LogP contribution is 2.42. The second-order valence-corrected chi connectivity index (χ2v) is 7.96. The van der Waals surface area contributed by atoms with Crippen molar-refractivity contribution in [1.29, 1.82) is 0 Å². The number of amides is 1. The molecular weight excluding hydrogens is 423 g/mol. The molecular formula is C21H21Cl2F2NO3. The van der Waals surface area contributed by atoms with Crippen LogP contribution in [-0.2, 0) is 0 Å². The van der Waals surface area contributed by atoms with Gasteiger partial charge < -0.3 is 15.2 Å². The van der Waals surface area contributed by atoms with E-state index in [0.29, 0.717) is 5.75 Å². The summed E-state index contributed by atoms with van der Waals surface area (Å²) in [5.41, 5.74) is -1.13. The number of ether oxygens (including phenoxy) is 1. The number of methoxy groups -OCH3 is 1. The van der Waals surface area contributed by atoms with Gasteiger partial charge in [0.25, 0.3) is 5.91 Å². The van der Waals surface area contributed by atoms with E-state index in [4.69, 9.17) is 27.9 Å². The Morgan fingerprint density at radius 2 is 1.97 bits per heavy atom. The number of carbonyl (C=O) groups excluding carboxylic acids is 1. The number of halogens is 4. The molecule has 1 amide bonds. The summed E-state index contributed by atoms with van der Waals surface area (Å²) in [6.07, 6.45) is -0.566. The van der Waals surface area contributed by atoms with Gasteiger partial charge in [0.2, 0.25) is 0 Å². The van der Waals surface area contributed by atoms with Crippen molar-refractivity contribution in [3.05, 3.63) is 63.4 Å². The minimum Gasteiger partial charge on any atom is -0.497 e. The summed E-state index contributed by atoms with van der Waals surface area (Å²) in [6.45, 7) is 0. The van der Waals surface area contributed by atoms with E-state index in [1.165, 1.54) is 37.4 Å². The van der Waals surface area contributed by atoms with Crippen molar-refractivity contribution < 1.29 is 23.4 Å². The Morgan fingerprint density at radius 1 is 1.28 bits per heavy atom. The number of aliphatic hydroxyl groups is 1. The molecule has 0 aliphatic heterocycles. The third kappa shape index (κ3) is 4.65. The monoisotopic (exact) mass is 443 g/mol. The predicted molar refractivity (Wildman–Crippen MR) is 108 cm³/mol. The van der Waals surface area contributed by atoms with E-state index in [-0.39, 0.29) is 46.9 Å². The molecule has 0 heterocycles. The lowest BCUT2D eigenvalue weighted by molar-refractivity contribution is -0.0445. The Balaban J connectivity index is 2.00. The summed E-state index contributed by atoms with van der Waals surface area (Å²) in [7, 11) is 1.46. The molecule has 0 radical (unpaired) electrons. The van der Waals surface area contributed by atoms with Crippen molar-refractivity contribution in [1.82, 2.24) is 5.32 Å². The first-order valence-corrected chi connectivity index (χ1v) is 9.95. The van der Waals surface area contributed by atoms with Crippen molar-refractivity contribution in [3.63, 3.8) is 0 Å². The highest BCUT2D eigenvalue weighted by Gasteiger charge is 2.43. The van der Waals surface area contributed by atoms with Gasteiger partial charge in [0.1, 0.15) is 17.7 Å². The van der Waals surface area contributed by atoms with Crippen molar-refractivity contribution in [2.45, 2.75) is 43.5 Å². The maximum Gasteiger partial charge on any atom is 0.253 e. The molecule has 4 nitrogen and oxygen atoms in total. The topological polar surface area (TPSA) is 58.6 Å². The number of benzene rings is 2. The molecule has 0 aromatic heterocycles. The zero-order valence-corrected chi connectivity index (χ0v) is 17.2. The van der Waals surface area contributed by atoms with Crippen LogP contribution in [0.3, 0.4) is 0 Å². The number of carbonyl (C=O) groups is 1. The van der Waals surface area contributed by atoms with Gasteiger partial charge in [0, 0.05) is 0 Å². The molecule has 1 atom stereocenters. The van der Waals surface area contributed by atoms with Gasteiger partial charge in [-0.3, -0.25) is 4.79 Å². The maximum atomic E-state index is 14.1. The molecule has 1 fully saturated rings. The molecule has 2 aromatic rings. The fourth-order valence-corrected chi connectivity index (χ4v) is 4.07. The summed E-state index contributed by atoms with van der Waals surface area (Å²) < 4.78 is 32.9. The average Bonchev–Trinajstić information content (AvgIpc) is 2.71. The van der Waals surface area contributed by atoms with Gasteiger partial charge in [-0.2, -0.15) is 0 Å². The van der Waals surface area contributed by atoms with Crippen LogP contribution in [-0.4, -0.2) is 29.9 Å². The third-order valence-corrected chi connectivity index (χ3v) is 6.03. The zero-order chi connectivity index (χ0) is 21.2. The predicted octanol–water partition coefficient (Wildman–Crippen LogP) is 5.26. The van der Waals surface area contributed by atoms with Crippen LogP contribution in [0.25, 0.3) is 0 Å². The van der Waals surface area contributed by atoms with Gasteiger partial charge >= 0.3 is 0 Å². The van der Waals surface area contributed by atoms with Crippen LogP contribution in [0.5, 0.6) is 5.75 Å². The molecule has 8 heteroatoms. The standard InChI is InChI=1S/C21H21Cl2F2NO3/c1-29-13-5-6-16(22)15(11-13)20(27)26-19(14-3-2-4-17(25)18(14)23)21(28)9-7-12(24)8-10-21/h2-6,11-12,19,28H,7-10H2,1H3,(H,26,27). The fraction of sp³-hybridized carbons (Fsp3) is 0.381. The molecule has 0 spiro atoms. The Kier molecular flexibility index (Phi) is 6.66. The second-order valence-electron chi connectivity index (χ2n) is 7.17. The van der Waals surface area contributed by atoms with E-state index in [9.17, 15) is 18.7 Å². The SMILES string of the molecule is COc1ccc(Cl)c(C(=O)NC(c2cccc(F)c2Cl)C2(O)CCC(F)CC2)c1. The van der Waals surface area contributed by atoms with Crippen LogP contribution in [0.15, 0.2) is 36.4 Å². The normalized spacial score (nSPS) is 22.8. The van der Waals surface area contributed by atoms with E-state index in [1.54, 1.807) is 6.07 Å². The van der Waals surface area contributed by atoms with Crippen LogP contribution in [0.2, 0.25) is 10.0 Å². The molecule has 1 aliphatic carbocycles. The highest BCUT2D eigenvalue weighted by atomic mass is 35.5. The van der Waals surface area contributed by atoms with Crippen LogP contribution in [0.4, 0.5) is 8.78 Å². The lowest BCUT2D eigenvalue weighted by Crippen LogP contribution is -2.48. The van der Waals surface area contributed by atoms with E-state index >= 15 is 0 Å². The quantitative estimate of drug-likeness (QED) is 0.662. The third-order valence-electron chi connectivity index (χ3n) is 5.30. The molecule has 2 N–H and O–H groups in total. The molecule has 0 saturated heterocycles. The van der Waals surface area contributed by atoms with E-state index in [2.05, 4.69) is 5.32 Å². The van der Waals surface area contributed by atoms with Gasteiger partial charge in [0.15, 0.2) is 0 Å². The molecule has 29 heavy (non-hydrogen) atoms. The summed E-state index contributed by atoms with van der Waals surface area (Å²) in [6, 6.07) is 7.70. The molecule has 1 saturated carbocycles. The summed E-state index contributed by atoms with van der Waals surface area (Å²) >= 11 is 12.3. The van der Waals surface area contributed by atoms with Crippen LogP contribution < -0.4 is 10.1 Å². The van der Waals surface area contributed by atoms with Crippen LogP contribution in [0, 0.1) is 5.82 Å². The smallest absolute Gasteiger partial charge is 0.253 e. The van der Waals surface area contributed by atoms with Crippen molar-refractivity contribution in [3.8, 4) is 5.75 Å². The summed E-state index contributed by atoms with van der Waals surface area (Å²) in [5.74, 6) is -0.836. The molecule has 156 valence electrons. The molecule has 3 rings (SSSR count). The Morgan fingerprint density at radius 3 is 2.62 bits per heavy atom. The maximum absolute atomic E-state index is 14.1. The lowest BCUT2D eigenvalue weighted by atomic mass is 9.76. The highest BCUT2D eigenvalue weighted by molar-refractivity contribution is 6.34. The fourth-order valence-electron chi connectivity index (χ4n) is 3.63. The average molecular weight is 444 g/mol. The number of rotatable bonds is 5. The molecule has 1 unspecified atom stereocenters. The lowest BCUT2D eigenvalue weighted by Gasteiger charge is -2.41. The Labute approximate surface area is 177 Å². The first-order chi connectivity index (χ1) is 13.7.